The van der Waals surface area contributed by atoms with E-state index in [4.69, 9.17) is 15.1 Å². The van der Waals surface area contributed by atoms with E-state index in [-0.39, 0.29) is 32.5 Å². The van der Waals surface area contributed by atoms with Gasteiger partial charge >= 0.3 is 12.1 Å². The van der Waals surface area contributed by atoms with Crippen molar-refractivity contribution in [2.45, 2.75) is 12.8 Å². The predicted molar refractivity (Wildman–Crippen MR) is 58.0 cm³/mol. The molecule has 0 aliphatic carbocycles. The molecule has 1 amide bonds. The Hall–Kier alpha value is -2.03. The monoisotopic (exact) mass is 238 g/mol. The molecule has 92 valence electrons. The average Bonchev–Trinajstić information content (AvgIpc) is 2.24. The van der Waals surface area contributed by atoms with E-state index in [1.807, 2.05) is 0 Å². The van der Waals surface area contributed by atoms with E-state index >= 15 is 0 Å². The SMILES string of the molecule is C=CCOC(=O)N1CC(C#N)(CCC(=O)O)C1. The van der Waals surface area contributed by atoms with Crippen LogP contribution >= 0.6 is 0 Å². The van der Waals surface area contributed by atoms with Gasteiger partial charge in [0.05, 0.1) is 11.5 Å². The summed E-state index contributed by atoms with van der Waals surface area (Å²) in [6.45, 7) is 4.00. The number of rotatable bonds is 5. The molecule has 6 heteroatoms. The molecule has 0 atom stereocenters. The van der Waals surface area contributed by atoms with Crippen LogP contribution in [0.25, 0.3) is 0 Å². The van der Waals surface area contributed by atoms with Crippen LogP contribution in [0.2, 0.25) is 0 Å². The maximum absolute atomic E-state index is 11.4. The second-order valence-electron chi connectivity index (χ2n) is 4.01. The predicted octanol–water partition coefficient (Wildman–Crippen LogP) is 0.999. The van der Waals surface area contributed by atoms with Gasteiger partial charge in [-0.25, -0.2) is 4.79 Å². The zero-order chi connectivity index (χ0) is 12.9. The van der Waals surface area contributed by atoms with Crippen molar-refractivity contribution in [3.05, 3.63) is 12.7 Å². The zero-order valence-electron chi connectivity index (χ0n) is 9.39. The number of nitrogens with zero attached hydrogens (tertiary/aromatic N) is 2. The number of nitriles is 1. The number of amides is 1. The van der Waals surface area contributed by atoms with Gasteiger partial charge in [0.25, 0.3) is 0 Å². The molecule has 0 aromatic heterocycles. The Morgan fingerprint density at radius 2 is 2.24 bits per heavy atom. The smallest absolute Gasteiger partial charge is 0.410 e. The number of carbonyl (C=O) groups excluding carboxylic acids is 1. The Balaban J connectivity index is 2.41. The molecule has 0 spiro atoms. The normalized spacial score (nSPS) is 16.5. The molecule has 0 bridgehead atoms. The highest BCUT2D eigenvalue weighted by Crippen LogP contribution is 2.34. The molecule has 1 saturated heterocycles. The van der Waals surface area contributed by atoms with Crippen LogP contribution in [0, 0.1) is 16.7 Å². The fourth-order valence-electron chi connectivity index (χ4n) is 1.67. The van der Waals surface area contributed by atoms with E-state index in [0.717, 1.165) is 0 Å². The lowest BCUT2D eigenvalue weighted by Crippen LogP contribution is -2.58. The lowest BCUT2D eigenvalue weighted by atomic mass is 9.77. The first-order valence-corrected chi connectivity index (χ1v) is 5.19. The summed E-state index contributed by atoms with van der Waals surface area (Å²) >= 11 is 0. The van der Waals surface area contributed by atoms with Crippen LogP contribution in [0.4, 0.5) is 4.79 Å². The maximum Gasteiger partial charge on any atom is 0.410 e. The van der Waals surface area contributed by atoms with E-state index in [1.165, 1.54) is 11.0 Å². The summed E-state index contributed by atoms with van der Waals surface area (Å²) in [6, 6.07) is 2.08. The third kappa shape index (κ3) is 3.21. The summed E-state index contributed by atoms with van der Waals surface area (Å²) in [5, 5.41) is 17.5. The second kappa shape index (κ2) is 5.34. The molecule has 1 aliphatic heterocycles. The van der Waals surface area contributed by atoms with Crippen LogP contribution in [-0.4, -0.2) is 41.8 Å². The fourth-order valence-corrected chi connectivity index (χ4v) is 1.67. The number of likely N-dealkylation sites (tertiary alicyclic amines) is 1. The third-order valence-corrected chi connectivity index (χ3v) is 2.62. The number of hydrogen-bond acceptors (Lipinski definition) is 4. The maximum atomic E-state index is 11.4. The highest BCUT2D eigenvalue weighted by molar-refractivity contribution is 5.70. The highest BCUT2D eigenvalue weighted by atomic mass is 16.6. The number of aliphatic carboxylic acids is 1. The van der Waals surface area contributed by atoms with Crippen molar-refractivity contribution in [2.24, 2.45) is 5.41 Å². The Bertz CT molecular complexity index is 366. The molecule has 1 aliphatic rings. The van der Waals surface area contributed by atoms with Crippen molar-refractivity contribution in [1.29, 1.82) is 5.26 Å². The van der Waals surface area contributed by atoms with E-state index in [2.05, 4.69) is 12.6 Å². The highest BCUT2D eigenvalue weighted by Gasteiger charge is 2.46. The van der Waals surface area contributed by atoms with Crippen molar-refractivity contribution < 1.29 is 19.4 Å². The average molecular weight is 238 g/mol. The standard InChI is InChI=1S/C11H14N2O4/c1-2-5-17-10(16)13-7-11(6-12,8-13)4-3-9(14)15/h2H,1,3-5,7-8H2,(H,14,15). The largest absolute Gasteiger partial charge is 0.481 e. The van der Waals surface area contributed by atoms with Crippen LogP contribution in [-0.2, 0) is 9.53 Å². The lowest BCUT2D eigenvalue weighted by Gasteiger charge is -2.44. The zero-order valence-corrected chi connectivity index (χ0v) is 9.39. The van der Waals surface area contributed by atoms with Gasteiger partial charge in [0, 0.05) is 19.5 Å². The number of ether oxygens (including phenoxy) is 1. The molecule has 0 aromatic carbocycles. The Kier molecular flexibility index (Phi) is 4.10. The number of carbonyl (C=O) groups is 2. The molecule has 6 nitrogen and oxygen atoms in total. The molecule has 1 rings (SSSR count). The molecule has 1 N–H and O–H groups in total. The summed E-state index contributed by atoms with van der Waals surface area (Å²) in [4.78, 5) is 23.2. The Morgan fingerprint density at radius 1 is 1.59 bits per heavy atom. The number of carboxylic acid groups (broad SMARTS) is 1. The van der Waals surface area contributed by atoms with E-state index in [9.17, 15) is 9.59 Å². The van der Waals surface area contributed by atoms with Gasteiger partial charge in [-0.2, -0.15) is 5.26 Å². The molecular formula is C11H14N2O4. The molecule has 0 aromatic rings. The third-order valence-electron chi connectivity index (χ3n) is 2.62. The van der Waals surface area contributed by atoms with Crippen LogP contribution in [0.15, 0.2) is 12.7 Å². The van der Waals surface area contributed by atoms with Crippen molar-refractivity contribution in [1.82, 2.24) is 4.90 Å². The minimum Gasteiger partial charge on any atom is -0.481 e. The van der Waals surface area contributed by atoms with Gasteiger partial charge in [0.1, 0.15) is 6.61 Å². The van der Waals surface area contributed by atoms with Gasteiger partial charge in [-0.15, -0.1) is 0 Å². The van der Waals surface area contributed by atoms with Gasteiger partial charge in [-0.05, 0) is 6.42 Å². The first kappa shape index (κ1) is 13.0. The summed E-state index contributed by atoms with van der Waals surface area (Å²) in [6.07, 6.45) is 1.15. The van der Waals surface area contributed by atoms with Gasteiger partial charge in [-0.1, -0.05) is 12.7 Å². The number of hydrogen-bond donors (Lipinski definition) is 1. The fraction of sp³-hybridized carbons (Fsp3) is 0.545. The summed E-state index contributed by atoms with van der Waals surface area (Å²) in [5.41, 5.74) is -0.731. The van der Waals surface area contributed by atoms with Gasteiger partial charge < -0.3 is 14.7 Å². The van der Waals surface area contributed by atoms with Gasteiger partial charge in [0.15, 0.2) is 0 Å². The van der Waals surface area contributed by atoms with Gasteiger partial charge in [0.2, 0.25) is 0 Å². The second-order valence-corrected chi connectivity index (χ2v) is 4.01. The minimum atomic E-state index is -0.938. The quantitative estimate of drug-likeness (QED) is 0.721. The van der Waals surface area contributed by atoms with Crippen molar-refractivity contribution in [3.8, 4) is 6.07 Å². The van der Waals surface area contributed by atoms with Gasteiger partial charge in [-0.3, -0.25) is 4.79 Å². The topological polar surface area (TPSA) is 90.6 Å². The van der Waals surface area contributed by atoms with Crippen LogP contribution in [0.1, 0.15) is 12.8 Å². The van der Waals surface area contributed by atoms with Crippen molar-refractivity contribution in [2.75, 3.05) is 19.7 Å². The Labute approximate surface area is 99.1 Å². The molecule has 17 heavy (non-hydrogen) atoms. The van der Waals surface area contributed by atoms with Crippen molar-refractivity contribution >= 4 is 12.1 Å². The summed E-state index contributed by atoms with van der Waals surface area (Å²) in [7, 11) is 0. The van der Waals surface area contributed by atoms with E-state index < -0.39 is 17.5 Å². The molecule has 0 unspecified atom stereocenters. The van der Waals surface area contributed by atoms with E-state index in [0.29, 0.717) is 0 Å². The minimum absolute atomic E-state index is 0.0664. The molecule has 1 fully saturated rings. The summed E-state index contributed by atoms with van der Waals surface area (Å²) in [5.74, 6) is -0.938. The van der Waals surface area contributed by atoms with Crippen molar-refractivity contribution in [3.63, 3.8) is 0 Å². The lowest BCUT2D eigenvalue weighted by molar-refractivity contribution is -0.138. The van der Waals surface area contributed by atoms with Crippen LogP contribution < -0.4 is 0 Å². The number of carboxylic acids is 1. The first-order valence-electron chi connectivity index (χ1n) is 5.19. The first-order chi connectivity index (χ1) is 8.03. The van der Waals surface area contributed by atoms with Crippen LogP contribution in [0.5, 0.6) is 0 Å². The summed E-state index contributed by atoms with van der Waals surface area (Å²) < 4.78 is 4.80. The van der Waals surface area contributed by atoms with E-state index in [1.54, 1.807) is 0 Å². The molecular weight excluding hydrogens is 224 g/mol. The Morgan fingerprint density at radius 3 is 2.71 bits per heavy atom. The van der Waals surface area contributed by atoms with Crippen LogP contribution in [0.3, 0.4) is 0 Å². The molecule has 0 saturated carbocycles. The molecule has 0 radical (unpaired) electrons. The molecule has 1 heterocycles.